The number of amides is 2. The summed E-state index contributed by atoms with van der Waals surface area (Å²) in [5.41, 5.74) is -2.24. The van der Waals surface area contributed by atoms with Gasteiger partial charge < -0.3 is 52.7 Å². The second-order valence-electron chi connectivity index (χ2n) is 34.5. The van der Waals surface area contributed by atoms with Crippen molar-refractivity contribution in [2.75, 3.05) is 65.7 Å². The number of thioether (sulfide) groups is 2. The van der Waals surface area contributed by atoms with Crippen LogP contribution in [-0.2, 0) is 76.3 Å². The van der Waals surface area contributed by atoms with Gasteiger partial charge in [0.1, 0.15) is 57.2 Å². The topological polar surface area (TPSA) is 306 Å². The number of esters is 4. The summed E-state index contributed by atoms with van der Waals surface area (Å²) in [6.45, 7) is 26.4. The van der Waals surface area contributed by atoms with Gasteiger partial charge in [0, 0.05) is 66.7 Å². The smallest absolute Gasteiger partial charge is 0.312 e. The molecule has 16 atom stereocenters. The number of halogens is 3. The second-order valence-corrected chi connectivity index (χ2v) is 40.4. The maximum atomic E-state index is 14.7. The molecule has 119 heavy (non-hydrogen) atoms. The van der Waals surface area contributed by atoms with Crippen molar-refractivity contribution < 1.29 is 88.9 Å². The number of pyridine rings is 2. The number of allylic oxidation sites excluding steroid dienone is 2. The highest BCUT2D eigenvalue weighted by Crippen LogP contribution is 2.59. The Kier molecular flexibility index (Phi) is 31.4. The normalized spacial score (nSPS) is 26.0. The molecule has 6 aliphatic carbocycles. The van der Waals surface area contributed by atoms with Gasteiger partial charge in [-0.05, 0) is 164 Å². The summed E-state index contributed by atoms with van der Waals surface area (Å²) in [5, 5.41) is 3.59. The van der Waals surface area contributed by atoms with Crippen LogP contribution in [0, 0.1) is 69.0 Å². The predicted molar refractivity (Wildman–Crippen MR) is 461 cm³/mol. The van der Waals surface area contributed by atoms with Gasteiger partial charge in [-0.15, -0.1) is 36.7 Å². The number of H-pyrrole nitrogens is 1. The lowest BCUT2D eigenvalue weighted by molar-refractivity contribution is -0.157. The Morgan fingerprint density at radius 1 is 0.622 bits per heavy atom. The lowest BCUT2D eigenvalue weighted by Crippen LogP contribution is -2.48. The van der Waals surface area contributed by atoms with E-state index in [2.05, 4.69) is 34.1 Å². The van der Waals surface area contributed by atoms with E-state index in [9.17, 15) is 51.6 Å². The van der Waals surface area contributed by atoms with Gasteiger partial charge in [0.25, 0.3) is 10.1 Å². The van der Waals surface area contributed by atoms with Crippen LogP contribution >= 0.6 is 62.7 Å². The number of likely N-dealkylation sites (tertiary alicyclic amines) is 2. The number of hydrogen-bond acceptors (Lipinski definition) is 23. The van der Waals surface area contributed by atoms with Crippen molar-refractivity contribution >= 4 is 142 Å². The molecule has 6 saturated carbocycles. The fourth-order valence-corrected chi connectivity index (χ4v) is 20.5. The average molecular weight is 1810 g/mol. The van der Waals surface area contributed by atoms with Crippen LogP contribution in [0.15, 0.2) is 110 Å². The molecule has 0 bridgehead atoms. The Hall–Kier alpha value is -7.05. The molecule has 0 radical (unpaired) electrons. The number of aromatic nitrogens is 2. The van der Waals surface area contributed by atoms with E-state index in [0.29, 0.717) is 110 Å². The number of carbonyl (C=O) groups excluding carboxylic acids is 8. The van der Waals surface area contributed by atoms with Crippen LogP contribution in [0.1, 0.15) is 166 Å². The third kappa shape index (κ3) is 22.3. The highest BCUT2D eigenvalue weighted by molar-refractivity contribution is 9.10. The molecule has 24 nitrogen and oxygen atoms in total. The minimum absolute atomic E-state index is 0. The number of aromatic amines is 1. The number of Topliss-reactive ketones (excluding diaryl/α,β-unsaturated/α-hetero) is 2. The summed E-state index contributed by atoms with van der Waals surface area (Å²) in [5.74, 6) is 0.581. The maximum Gasteiger partial charge on any atom is 0.312 e. The molecule has 0 spiro atoms. The van der Waals surface area contributed by atoms with E-state index in [4.69, 9.17) is 70.3 Å². The van der Waals surface area contributed by atoms with Crippen molar-refractivity contribution in [3.05, 3.63) is 111 Å². The predicted octanol–water partition coefficient (Wildman–Crippen LogP) is 16.7. The molecule has 1 N–H and O–H groups in total. The Labute approximate surface area is 725 Å². The summed E-state index contributed by atoms with van der Waals surface area (Å²) >= 11 is 19.6. The highest BCUT2D eigenvalue weighted by atomic mass is 79.9. The molecule has 8 fully saturated rings. The summed E-state index contributed by atoms with van der Waals surface area (Å²) in [7, 11) is -0.0376. The molecule has 13 rings (SSSR count). The average Bonchev–Trinajstić information content (AvgIpc) is 1.58. The van der Waals surface area contributed by atoms with Gasteiger partial charge in [0.05, 0.1) is 109 Å². The highest BCUT2D eigenvalue weighted by Gasteiger charge is 2.63. The third-order valence-corrected chi connectivity index (χ3v) is 28.5. The Bertz CT molecular complexity index is 4770. The van der Waals surface area contributed by atoms with Gasteiger partial charge in [-0.3, -0.25) is 47.3 Å². The first kappa shape index (κ1) is 94.2. The molecular formula is C89H115BrCl2N4O20S3. The Balaban J connectivity index is 0.000000204. The molecule has 2 amide bonds. The van der Waals surface area contributed by atoms with Gasteiger partial charge >= 0.3 is 23.9 Å². The number of carbonyl (C=O) groups is 8. The number of benzene rings is 3. The number of fused-ring (bicyclic) bond motifs is 4. The van der Waals surface area contributed by atoms with E-state index in [1.54, 1.807) is 84.1 Å². The van der Waals surface area contributed by atoms with E-state index >= 15 is 0 Å². The number of methoxy groups -OCH3 is 3. The van der Waals surface area contributed by atoms with Crippen LogP contribution in [0.2, 0.25) is 10.0 Å². The van der Waals surface area contributed by atoms with Crippen molar-refractivity contribution in [2.45, 2.75) is 217 Å². The summed E-state index contributed by atoms with van der Waals surface area (Å²) in [4.78, 5) is 132. The first-order chi connectivity index (χ1) is 56.0. The van der Waals surface area contributed by atoms with Gasteiger partial charge in [0.15, 0.2) is 17.0 Å². The number of ether oxygens (including phenoxy) is 8. The van der Waals surface area contributed by atoms with Crippen molar-refractivity contribution in [1.29, 1.82) is 0 Å². The first-order valence-electron chi connectivity index (χ1n) is 40.8. The van der Waals surface area contributed by atoms with Crippen molar-refractivity contribution in [3.8, 4) is 17.2 Å². The van der Waals surface area contributed by atoms with E-state index < -0.39 is 97.5 Å². The largest absolute Gasteiger partial charge is 0.492 e. The number of nitrogens with one attached hydrogen (secondary N) is 1. The zero-order chi connectivity index (χ0) is 85.7. The Morgan fingerprint density at radius 3 is 1.56 bits per heavy atom. The van der Waals surface area contributed by atoms with Crippen molar-refractivity contribution in [1.82, 2.24) is 19.8 Å². The van der Waals surface area contributed by atoms with E-state index in [0.717, 1.165) is 53.7 Å². The molecule has 2 unspecified atom stereocenters. The van der Waals surface area contributed by atoms with E-state index in [1.807, 2.05) is 74.4 Å². The molecule has 2 aliphatic heterocycles. The lowest BCUT2D eigenvalue weighted by atomic mass is 9.77. The molecule has 650 valence electrons. The monoisotopic (exact) mass is 1800 g/mol. The molecule has 8 aliphatic rings. The minimum Gasteiger partial charge on any atom is -0.492 e. The zero-order valence-corrected chi connectivity index (χ0v) is 74.9. The SMILES string of the molecule is C.C=C[C@@H]1C[C@]1(CC(=O)[C@@H]1C[C@@H](Oc2cc(SCC)nc3c(Cl)c(OCCC)ccc23)CN1C(=O)[C@@H](CC(=O)OC1C[C@@H]2C[C@@H]2C1)C(C)(C)C)C(=O)OC.C=C[C@@H]1C[C@]1(CC(=O)[C@@H]1C[C@H](OS(=O)(=O)c2ccc(Br)cc2)CN1C(=O)[C@@H](CC(=O)OC1C[C@@H]2C[C@@H]2C1)C(C)(C)C)C(=O)OC.CCSc1cc(=O)c2ccc(OCCOC)c(Cl)c2[nH]1. The first-order valence-corrected chi connectivity index (χ1v) is 45.7. The molecule has 5 aromatic rings. The van der Waals surface area contributed by atoms with Crippen molar-refractivity contribution in [3.63, 3.8) is 0 Å². The number of rotatable bonds is 34. The van der Waals surface area contributed by atoms with Crippen LogP contribution in [0.25, 0.3) is 21.8 Å². The molecule has 2 aromatic heterocycles. The number of ketones is 2. The molecule has 4 heterocycles. The Morgan fingerprint density at radius 2 is 1.10 bits per heavy atom. The van der Waals surface area contributed by atoms with Crippen LogP contribution in [0.3, 0.4) is 0 Å². The maximum absolute atomic E-state index is 14.7. The van der Waals surface area contributed by atoms with Crippen LogP contribution in [0.5, 0.6) is 17.2 Å². The summed E-state index contributed by atoms with van der Waals surface area (Å²) < 4.78 is 77.5. The molecule has 2 saturated heterocycles. The molecule has 30 heteroatoms. The zero-order valence-electron chi connectivity index (χ0n) is 69.3. The number of hydrogen-bond donors (Lipinski definition) is 1. The second kappa shape index (κ2) is 39.6. The summed E-state index contributed by atoms with van der Waals surface area (Å²) in [6.07, 6.45) is 8.64. The summed E-state index contributed by atoms with van der Waals surface area (Å²) in [6, 6.07) is 14.6. The van der Waals surface area contributed by atoms with E-state index in [-0.39, 0.29) is 111 Å². The van der Waals surface area contributed by atoms with Crippen LogP contribution in [0.4, 0.5) is 0 Å². The van der Waals surface area contributed by atoms with Crippen molar-refractivity contribution in [2.24, 2.45) is 69.0 Å². The fraction of sp³-hybridized carbons (Fsp3) is 0.596. The van der Waals surface area contributed by atoms with E-state index in [1.165, 1.54) is 44.1 Å². The molecular weight excluding hydrogens is 1690 g/mol. The van der Waals surface area contributed by atoms with Crippen LogP contribution < -0.4 is 19.6 Å². The van der Waals surface area contributed by atoms with Gasteiger partial charge in [-0.2, -0.15) is 8.42 Å². The fourth-order valence-electron chi connectivity index (χ4n) is 17.3. The molecule has 3 aromatic carbocycles. The van der Waals surface area contributed by atoms with Gasteiger partial charge in [-0.1, -0.05) is 121 Å². The number of nitrogens with zero attached hydrogens (tertiary/aromatic N) is 3. The standard InChI is InChI=1S/C41H53ClN2O8S.C33H42BrNO9S.C14H16ClNO3S.CH4/c1-8-13-50-32-12-11-28-33(19-34(53-10-3)43-37(28)36(32)42)51-27-17-30(31(45)21-41(39(48)49-7)20-25(41)9-2)44(22-27)38(47)29(40(4,5)6)18-35(46)52-26-15-23-14-24(23)16-26;1-6-21-16-33(21,31(39)42-5)17-28(36)27-14-24(44-45(40,41)25-9-7-22(34)8-10-25)18-35(27)30(38)26(32(2,3)4)15-29(37)43-23-12-19-11-20(19)13-23;1-3-20-12-8-10(17)9-4-5-11(19-7-6-18-2)13(15)14(9)16-12;/h9,11-12,19,23-27,29-30H,2,8,10,13-18,20-22H2,1,3-7H3;6-10,19-21,23-24,26-27H,1,11-18H2,2-5H3;4-5,8H,3,6-7H2,1-2H3,(H,16,17);1H4/t23-,24+,25-,26?,27-,29-,30+,41-;19-,20+,21-,23?,24+,26-,27+,33-;;/m11../s1. The van der Waals surface area contributed by atoms with Crippen LogP contribution in [-0.4, -0.2) is 178 Å². The third-order valence-electron chi connectivity index (χ3n) is 24.2. The van der Waals surface area contributed by atoms with Gasteiger partial charge in [0.2, 0.25) is 11.8 Å². The lowest BCUT2D eigenvalue weighted by Gasteiger charge is -2.35. The minimum atomic E-state index is -4.23. The van der Waals surface area contributed by atoms with Gasteiger partial charge in [-0.25, -0.2) is 4.98 Å². The quantitative estimate of drug-likeness (QED) is 0.00999.